The van der Waals surface area contributed by atoms with Gasteiger partial charge in [0.15, 0.2) is 17.1 Å². The number of hydrogen-bond donors (Lipinski definition) is 1. The molecule has 31 heavy (non-hydrogen) atoms. The Morgan fingerprint density at radius 1 is 1.10 bits per heavy atom. The maximum atomic E-state index is 13.0. The second kappa shape index (κ2) is 7.96. The number of aromatic nitrogens is 2. The zero-order valence-corrected chi connectivity index (χ0v) is 18.0. The highest BCUT2D eigenvalue weighted by Gasteiger charge is 2.22. The number of nitrogen functional groups attached to an aromatic ring is 1. The molecule has 0 unspecified atom stereocenters. The van der Waals surface area contributed by atoms with Gasteiger partial charge in [0.2, 0.25) is 0 Å². The fraction of sp³-hybridized carbons (Fsp3) is 0.174. The third-order valence-electron chi connectivity index (χ3n) is 5.47. The van der Waals surface area contributed by atoms with Crippen LogP contribution in [0.4, 0.5) is 5.88 Å². The molecule has 0 spiro atoms. The predicted octanol–water partition coefficient (Wildman–Crippen LogP) is 4.70. The van der Waals surface area contributed by atoms with Crippen LogP contribution in [-0.2, 0) is 19.5 Å². The number of rotatable bonds is 3. The lowest BCUT2D eigenvalue weighted by Crippen LogP contribution is -2.33. The van der Waals surface area contributed by atoms with Gasteiger partial charge in [-0.1, -0.05) is 23.2 Å². The molecule has 0 atom stereocenters. The molecule has 8 heteroatoms. The van der Waals surface area contributed by atoms with Crippen LogP contribution in [0.15, 0.2) is 57.9 Å². The molecule has 2 aromatic carbocycles. The summed E-state index contributed by atoms with van der Waals surface area (Å²) in [5.41, 5.74) is 9.77. The average molecular weight is 453 g/mol. The van der Waals surface area contributed by atoms with Gasteiger partial charge >= 0.3 is 0 Å². The second-order valence-electron chi connectivity index (χ2n) is 7.55. The van der Waals surface area contributed by atoms with Gasteiger partial charge in [-0.05, 0) is 42.5 Å². The quantitative estimate of drug-likeness (QED) is 0.484. The maximum absolute atomic E-state index is 13.0. The summed E-state index contributed by atoms with van der Waals surface area (Å²) >= 11 is 12.0. The lowest BCUT2D eigenvalue weighted by molar-refractivity contribution is 0.241. The molecule has 0 aliphatic carbocycles. The van der Waals surface area contributed by atoms with Crippen LogP contribution in [0.3, 0.4) is 0 Å². The van der Waals surface area contributed by atoms with Crippen molar-refractivity contribution >= 4 is 40.1 Å². The van der Waals surface area contributed by atoms with Crippen LogP contribution >= 0.6 is 23.2 Å². The zero-order chi connectivity index (χ0) is 21.5. The van der Waals surface area contributed by atoms with Crippen LogP contribution in [0.2, 0.25) is 10.0 Å². The summed E-state index contributed by atoms with van der Waals surface area (Å²) in [4.78, 5) is 24.4. The van der Waals surface area contributed by atoms with Crippen molar-refractivity contribution in [1.29, 1.82) is 0 Å². The van der Waals surface area contributed by atoms with E-state index in [1.54, 1.807) is 18.2 Å². The smallest absolute Gasteiger partial charge is 0.199 e. The standard InChI is InChI=1S/C23H18Cl2N4O2/c24-15-3-1-13(2-4-15)23-27-10-14-11-29(8-7-19(14)28-23)12-18-21(30)17-9-16(25)5-6-20(17)31-22(18)26/h1-6,9-10H,7-8,11-12,26H2. The van der Waals surface area contributed by atoms with Crippen LogP contribution in [-0.4, -0.2) is 21.4 Å². The first-order valence-corrected chi connectivity index (χ1v) is 10.6. The van der Waals surface area contributed by atoms with Crippen LogP contribution in [0.5, 0.6) is 0 Å². The van der Waals surface area contributed by atoms with E-state index in [-0.39, 0.29) is 11.3 Å². The number of benzene rings is 2. The molecule has 0 fully saturated rings. The molecule has 0 amide bonds. The van der Waals surface area contributed by atoms with Crippen LogP contribution in [0.25, 0.3) is 22.4 Å². The number of halogens is 2. The summed E-state index contributed by atoms with van der Waals surface area (Å²) in [6.45, 7) is 1.76. The zero-order valence-electron chi connectivity index (χ0n) is 16.4. The molecule has 4 aromatic rings. The van der Waals surface area contributed by atoms with E-state index in [0.29, 0.717) is 45.5 Å². The van der Waals surface area contributed by atoms with E-state index in [1.165, 1.54) is 0 Å². The molecular weight excluding hydrogens is 435 g/mol. The Balaban J connectivity index is 1.40. The topological polar surface area (TPSA) is 85.2 Å². The molecule has 156 valence electrons. The molecule has 0 bridgehead atoms. The fourth-order valence-electron chi connectivity index (χ4n) is 3.84. The molecule has 5 rings (SSSR count). The molecule has 2 aromatic heterocycles. The summed E-state index contributed by atoms with van der Waals surface area (Å²) in [6, 6.07) is 12.4. The maximum Gasteiger partial charge on any atom is 0.199 e. The number of nitrogens with two attached hydrogens (primary N) is 1. The first-order valence-electron chi connectivity index (χ1n) is 9.82. The minimum Gasteiger partial charge on any atom is -0.440 e. The van der Waals surface area contributed by atoms with Crippen molar-refractivity contribution in [2.75, 3.05) is 12.3 Å². The van der Waals surface area contributed by atoms with Crippen molar-refractivity contribution in [2.45, 2.75) is 19.5 Å². The molecule has 6 nitrogen and oxygen atoms in total. The summed E-state index contributed by atoms with van der Waals surface area (Å²) in [6.07, 6.45) is 2.60. The molecule has 2 N–H and O–H groups in total. The molecule has 1 aliphatic heterocycles. The van der Waals surface area contributed by atoms with Crippen molar-refractivity contribution in [3.63, 3.8) is 0 Å². The number of hydrogen-bond acceptors (Lipinski definition) is 6. The summed E-state index contributed by atoms with van der Waals surface area (Å²) in [5.74, 6) is 0.820. The van der Waals surface area contributed by atoms with E-state index in [4.69, 9.17) is 38.3 Å². The van der Waals surface area contributed by atoms with Gasteiger partial charge in [0.25, 0.3) is 0 Å². The van der Waals surface area contributed by atoms with Gasteiger partial charge in [-0.3, -0.25) is 9.69 Å². The molecule has 1 aliphatic rings. The Hall–Kier alpha value is -2.93. The molecule has 0 saturated heterocycles. The van der Waals surface area contributed by atoms with Crippen LogP contribution in [0, 0.1) is 0 Å². The molecular formula is C23H18Cl2N4O2. The summed E-state index contributed by atoms with van der Waals surface area (Å²) in [5, 5.41) is 1.60. The monoisotopic (exact) mass is 452 g/mol. The lowest BCUT2D eigenvalue weighted by Gasteiger charge is -2.28. The Bertz CT molecular complexity index is 1350. The Labute approximate surface area is 188 Å². The molecule has 3 heterocycles. The van der Waals surface area contributed by atoms with E-state index in [9.17, 15) is 4.79 Å². The molecule has 0 radical (unpaired) electrons. The van der Waals surface area contributed by atoms with Gasteiger partial charge < -0.3 is 10.2 Å². The van der Waals surface area contributed by atoms with Gasteiger partial charge in [-0.25, -0.2) is 9.97 Å². The van der Waals surface area contributed by atoms with Crippen LogP contribution in [0.1, 0.15) is 16.8 Å². The Morgan fingerprint density at radius 2 is 1.87 bits per heavy atom. The second-order valence-corrected chi connectivity index (χ2v) is 8.42. The van der Waals surface area contributed by atoms with E-state index >= 15 is 0 Å². The highest BCUT2D eigenvalue weighted by molar-refractivity contribution is 6.31. The normalized spacial score (nSPS) is 14.0. The van der Waals surface area contributed by atoms with E-state index in [2.05, 4.69) is 9.88 Å². The SMILES string of the molecule is Nc1oc2ccc(Cl)cc2c(=O)c1CN1CCc2nc(-c3ccc(Cl)cc3)ncc2C1. The average Bonchev–Trinajstić information content (AvgIpc) is 2.77. The van der Waals surface area contributed by atoms with Crippen molar-refractivity contribution in [3.05, 3.63) is 85.8 Å². The van der Waals surface area contributed by atoms with E-state index < -0.39 is 0 Å². The Morgan fingerprint density at radius 3 is 2.68 bits per heavy atom. The largest absolute Gasteiger partial charge is 0.440 e. The van der Waals surface area contributed by atoms with Crippen molar-refractivity contribution < 1.29 is 4.42 Å². The van der Waals surface area contributed by atoms with Gasteiger partial charge in [0.1, 0.15) is 5.58 Å². The predicted molar refractivity (Wildman–Crippen MR) is 122 cm³/mol. The molecule has 0 saturated carbocycles. The van der Waals surface area contributed by atoms with Gasteiger partial charge in [-0.2, -0.15) is 0 Å². The Kier molecular flexibility index (Phi) is 5.14. The van der Waals surface area contributed by atoms with Gasteiger partial charge in [-0.15, -0.1) is 0 Å². The third-order valence-corrected chi connectivity index (χ3v) is 5.96. The van der Waals surface area contributed by atoms with Crippen molar-refractivity contribution in [1.82, 2.24) is 14.9 Å². The minimum atomic E-state index is -0.151. The van der Waals surface area contributed by atoms with Gasteiger partial charge in [0, 0.05) is 53.4 Å². The first kappa shape index (κ1) is 20.0. The van der Waals surface area contributed by atoms with E-state index in [1.807, 2.05) is 30.5 Å². The van der Waals surface area contributed by atoms with E-state index in [0.717, 1.165) is 29.8 Å². The highest BCUT2D eigenvalue weighted by atomic mass is 35.5. The van der Waals surface area contributed by atoms with Crippen LogP contribution < -0.4 is 11.2 Å². The lowest BCUT2D eigenvalue weighted by atomic mass is 10.1. The summed E-state index contributed by atoms with van der Waals surface area (Å²) in [7, 11) is 0. The number of anilines is 1. The fourth-order valence-corrected chi connectivity index (χ4v) is 4.14. The highest BCUT2D eigenvalue weighted by Crippen LogP contribution is 2.25. The first-order chi connectivity index (χ1) is 15.0. The third kappa shape index (κ3) is 3.90. The summed E-state index contributed by atoms with van der Waals surface area (Å²) < 4.78 is 5.67. The van der Waals surface area contributed by atoms with Gasteiger partial charge in [0.05, 0.1) is 16.6 Å². The van der Waals surface area contributed by atoms with Crippen molar-refractivity contribution in [3.8, 4) is 11.4 Å². The minimum absolute atomic E-state index is 0.139. The number of fused-ring (bicyclic) bond motifs is 2. The number of nitrogens with zero attached hydrogens (tertiary/aromatic N) is 3. The van der Waals surface area contributed by atoms with Crippen molar-refractivity contribution in [2.24, 2.45) is 0 Å².